The summed E-state index contributed by atoms with van der Waals surface area (Å²) < 4.78 is 5.25. The first-order chi connectivity index (χ1) is 12.1. The molecule has 136 valence electrons. The van der Waals surface area contributed by atoms with Crippen molar-refractivity contribution in [1.29, 1.82) is 0 Å². The van der Waals surface area contributed by atoms with Gasteiger partial charge in [0.1, 0.15) is 5.76 Å². The quantitative estimate of drug-likeness (QED) is 0.509. The van der Waals surface area contributed by atoms with Crippen LogP contribution in [0.25, 0.3) is 0 Å². The predicted molar refractivity (Wildman–Crippen MR) is 96.5 cm³/mol. The molecule has 1 aromatic heterocycles. The maximum atomic E-state index is 12.1. The van der Waals surface area contributed by atoms with Crippen molar-refractivity contribution in [2.24, 2.45) is 0 Å². The standard InChI is InChI=1S/C20H27NO4/c1-2-3-4-5-6-7-9-16-11-14-19(22)21(16)15-8-10-17-12-13-18(25-17)20(23)24/h5-7,9,12-13,16H,2-4,8,10-11,14-15H2,1H3,(H,23,24)/b6-5+,9-7+/t16-/m0/s1. The molecule has 1 amide bonds. The number of carboxylic acids is 1. The van der Waals surface area contributed by atoms with Crippen molar-refractivity contribution >= 4 is 11.9 Å². The molecule has 1 saturated heterocycles. The van der Waals surface area contributed by atoms with Gasteiger partial charge in [-0.2, -0.15) is 0 Å². The number of aryl methyl sites for hydroxylation is 1. The molecule has 0 spiro atoms. The fraction of sp³-hybridized carbons (Fsp3) is 0.500. The molecule has 2 rings (SSSR count). The smallest absolute Gasteiger partial charge is 0.371 e. The van der Waals surface area contributed by atoms with Gasteiger partial charge in [0.25, 0.3) is 0 Å². The second-order valence-corrected chi connectivity index (χ2v) is 6.32. The highest BCUT2D eigenvalue weighted by Gasteiger charge is 2.28. The lowest BCUT2D eigenvalue weighted by molar-refractivity contribution is -0.128. The lowest BCUT2D eigenvalue weighted by Crippen LogP contribution is -2.32. The molecular formula is C20H27NO4. The van der Waals surface area contributed by atoms with Crippen molar-refractivity contribution in [3.8, 4) is 0 Å². The van der Waals surface area contributed by atoms with Crippen molar-refractivity contribution in [2.75, 3.05) is 6.54 Å². The van der Waals surface area contributed by atoms with Crippen LogP contribution in [0.4, 0.5) is 0 Å². The topological polar surface area (TPSA) is 70.8 Å². The minimum Gasteiger partial charge on any atom is -0.475 e. The van der Waals surface area contributed by atoms with Gasteiger partial charge in [-0.15, -0.1) is 0 Å². The summed E-state index contributed by atoms with van der Waals surface area (Å²) in [7, 11) is 0. The normalized spacial score (nSPS) is 18.0. The first kappa shape index (κ1) is 19.0. The van der Waals surface area contributed by atoms with Crippen LogP contribution in [0, 0.1) is 0 Å². The minimum atomic E-state index is -1.06. The largest absolute Gasteiger partial charge is 0.475 e. The van der Waals surface area contributed by atoms with Crippen molar-refractivity contribution in [3.63, 3.8) is 0 Å². The number of carbonyl (C=O) groups is 2. The van der Waals surface area contributed by atoms with Crippen molar-refractivity contribution < 1.29 is 19.1 Å². The number of hydrogen-bond acceptors (Lipinski definition) is 3. The number of carboxylic acid groups (broad SMARTS) is 1. The maximum Gasteiger partial charge on any atom is 0.371 e. The molecule has 1 N–H and O–H groups in total. The van der Waals surface area contributed by atoms with Gasteiger partial charge in [0.2, 0.25) is 11.7 Å². The lowest BCUT2D eigenvalue weighted by Gasteiger charge is -2.22. The highest BCUT2D eigenvalue weighted by Crippen LogP contribution is 2.21. The van der Waals surface area contributed by atoms with Gasteiger partial charge in [-0.25, -0.2) is 4.79 Å². The van der Waals surface area contributed by atoms with Gasteiger partial charge < -0.3 is 14.4 Å². The fourth-order valence-electron chi connectivity index (χ4n) is 2.99. The molecule has 1 atom stereocenters. The molecule has 5 nitrogen and oxygen atoms in total. The highest BCUT2D eigenvalue weighted by atomic mass is 16.4. The number of nitrogens with zero attached hydrogens (tertiary/aromatic N) is 1. The van der Waals surface area contributed by atoms with E-state index < -0.39 is 5.97 Å². The van der Waals surface area contributed by atoms with Crippen LogP contribution in [0.5, 0.6) is 0 Å². The number of hydrogen-bond donors (Lipinski definition) is 1. The third-order valence-electron chi connectivity index (χ3n) is 4.37. The SMILES string of the molecule is CCCC/C=C/C=C/[C@H]1CCC(=O)N1CCCc1ccc(C(=O)O)o1. The summed E-state index contributed by atoms with van der Waals surface area (Å²) in [5.41, 5.74) is 0. The van der Waals surface area contributed by atoms with E-state index in [2.05, 4.69) is 25.2 Å². The van der Waals surface area contributed by atoms with Gasteiger partial charge >= 0.3 is 5.97 Å². The van der Waals surface area contributed by atoms with Crippen molar-refractivity contribution in [1.82, 2.24) is 4.90 Å². The molecule has 1 fully saturated rings. The van der Waals surface area contributed by atoms with Crippen LogP contribution in [0.2, 0.25) is 0 Å². The summed E-state index contributed by atoms with van der Waals surface area (Å²) in [4.78, 5) is 24.8. The molecule has 0 unspecified atom stereocenters. The molecule has 2 heterocycles. The summed E-state index contributed by atoms with van der Waals surface area (Å²) in [6.07, 6.45) is 14.7. The van der Waals surface area contributed by atoms with Crippen LogP contribution in [0.15, 0.2) is 40.9 Å². The summed E-state index contributed by atoms with van der Waals surface area (Å²) in [6, 6.07) is 3.32. The Hall–Kier alpha value is -2.30. The first-order valence-corrected chi connectivity index (χ1v) is 9.06. The zero-order valence-electron chi connectivity index (χ0n) is 14.8. The summed E-state index contributed by atoms with van der Waals surface area (Å²) in [5.74, 6) is -0.258. The number of likely N-dealkylation sites (tertiary alicyclic amines) is 1. The molecule has 0 aliphatic carbocycles. The number of amides is 1. The first-order valence-electron chi connectivity index (χ1n) is 9.06. The molecular weight excluding hydrogens is 318 g/mol. The Bertz CT molecular complexity index is 629. The molecule has 0 aromatic carbocycles. The van der Waals surface area contributed by atoms with Crippen LogP contribution < -0.4 is 0 Å². The van der Waals surface area contributed by atoms with E-state index in [0.717, 1.165) is 19.3 Å². The highest BCUT2D eigenvalue weighted by molar-refractivity contribution is 5.84. The van der Waals surface area contributed by atoms with Gasteiger partial charge in [-0.3, -0.25) is 4.79 Å². The van der Waals surface area contributed by atoms with E-state index in [1.54, 1.807) is 6.07 Å². The Balaban J connectivity index is 1.79. The number of carbonyl (C=O) groups excluding carboxylic acids is 1. The monoisotopic (exact) mass is 345 g/mol. The minimum absolute atomic E-state index is 0.0390. The summed E-state index contributed by atoms with van der Waals surface area (Å²) >= 11 is 0. The van der Waals surface area contributed by atoms with Crippen molar-refractivity contribution in [2.45, 2.75) is 57.9 Å². The van der Waals surface area contributed by atoms with Crippen LogP contribution in [-0.2, 0) is 11.2 Å². The number of furan rings is 1. The molecule has 0 saturated carbocycles. The Morgan fingerprint density at radius 1 is 1.36 bits per heavy atom. The van der Waals surface area contributed by atoms with Gasteiger partial charge in [-0.1, -0.05) is 44.1 Å². The van der Waals surface area contributed by atoms with E-state index in [1.807, 2.05) is 11.0 Å². The van der Waals surface area contributed by atoms with E-state index in [1.165, 1.54) is 18.9 Å². The van der Waals surface area contributed by atoms with Gasteiger partial charge in [-0.05, 0) is 31.4 Å². The van der Waals surface area contributed by atoms with E-state index in [9.17, 15) is 9.59 Å². The Morgan fingerprint density at radius 3 is 2.92 bits per heavy atom. The average molecular weight is 345 g/mol. The number of aromatic carboxylic acids is 1. The summed E-state index contributed by atoms with van der Waals surface area (Å²) in [6.45, 7) is 2.84. The molecule has 1 aliphatic rings. The Labute approximate surface area is 149 Å². The zero-order chi connectivity index (χ0) is 18.1. The van der Waals surface area contributed by atoms with Crippen molar-refractivity contribution in [3.05, 3.63) is 48.0 Å². The van der Waals surface area contributed by atoms with E-state index >= 15 is 0 Å². The van der Waals surface area contributed by atoms with Crippen LogP contribution in [-0.4, -0.2) is 34.5 Å². The molecule has 25 heavy (non-hydrogen) atoms. The lowest BCUT2D eigenvalue weighted by atomic mass is 10.2. The molecule has 1 aromatic rings. The Morgan fingerprint density at radius 2 is 2.20 bits per heavy atom. The molecule has 1 aliphatic heterocycles. The van der Waals surface area contributed by atoms with Gasteiger partial charge in [0.05, 0.1) is 6.04 Å². The zero-order valence-corrected chi connectivity index (χ0v) is 14.8. The van der Waals surface area contributed by atoms with Crippen LogP contribution >= 0.6 is 0 Å². The Kier molecular flexibility index (Phi) is 7.51. The third kappa shape index (κ3) is 5.93. The van der Waals surface area contributed by atoms with Crippen LogP contribution in [0.1, 0.15) is 61.8 Å². The second kappa shape index (κ2) is 9.87. The average Bonchev–Trinajstić information content (AvgIpc) is 3.19. The van der Waals surface area contributed by atoms with E-state index in [4.69, 9.17) is 9.52 Å². The molecule has 0 bridgehead atoms. The number of unbranched alkanes of at least 4 members (excludes halogenated alkanes) is 2. The third-order valence-corrected chi connectivity index (χ3v) is 4.37. The molecule has 0 radical (unpaired) electrons. The summed E-state index contributed by atoms with van der Waals surface area (Å²) in [5, 5.41) is 8.86. The van der Waals surface area contributed by atoms with E-state index in [-0.39, 0.29) is 17.7 Å². The number of rotatable bonds is 10. The second-order valence-electron chi connectivity index (χ2n) is 6.32. The number of allylic oxidation sites excluding steroid dienone is 3. The van der Waals surface area contributed by atoms with Gasteiger partial charge in [0, 0.05) is 19.4 Å². The molecule has 5 heteroatoms. The predicted octanol–water partition coefficient (Wildman–Crippen LogP) is 4.20. The van der Waals surface area contributed by atoms with Crippen LogP contribution in [0.3, 0.4) is 0 Å². The fourth-order valence-corrected chi connectivity index (χ4v) is 2.99. The van der Waals surface area contributed by atoms with Gasteiger partial charge in [0.15, 0.2) is 0 Å². The van der Waals surface area contributed by atoms with E-state index in [0.29, 0.717) is 25.1 Å². The maximum absolute atomic E-state index is 12.1.